The van der Waals surface area contributed by atoms with E-state index in [-0.39, 0.29) is 31.0 Å². The predicted molar refractivity (Wildman–Crippen MR) is 128 cm³/mol. The van der Waals surface area contributed by atoms with Crippen LogP contribution in [0.15, 0.2) is 48.5 Å². The van der Waals surface area contributed by atoms with Crippen LogP contribution in [0.1, 0.15) is 56.1 Å². The number of carbonyl (C=O) groups is 3. The maximum atomic E-state index is 12.8. The highest BCUT2D eigenvalue weighted by Gasteiger charge is 2.33. The van der Waals surface area contributed by atoms with Crippen LogP contribution in [0.2, 0.25) is 0 Å². The van der Waals surface area contributed by atoms with Crippen molar-refractivity contribution in [2.45, 2.75) is 51.0 Å². The number of amides is 2. The molecule has 3 N–H and O–H groups in total. The first-order valence-corrected chi connectivity index (χ1v) is 12.1. The van der Waals surface area contributed by atoms with Crippen LogP contribution in [-0.4, -0.2) is 42.3 Å². The average Bonchev–Trinajstić information content (AvgIpc) is 2.97. The summed E-state index contributed by atoms with van der Waals surface area (Å²) in [5, 5.41) is 14.8. The third kappa shape index (κ3) is 5.24. The van der Waals surface area contributed by atoms with Crippen LogP contribution in [-0.2, 0) is 14.3 Å². The molecule has 2 aliphatic rings. The Labute approximate surface area is 199 Å². The highest BCUT2D eigenvalue weighted by molar-refractivity contribution is 5.81. The first-order valence-electron chi connectivity index (χ1n) is 12.1. The molecule has 7 nitrogen and oxygen atoms in total. The van der Waals surface area contributed by atoms with Crippen molar-refractivity contribution in [1.29, 1.82) is 0 Å². The largest absolute Gasteiger partial charge is 0.481 e. The summed E-state index contributed by atoms with van der Waals surface area (Å²) in [6.07, 6.45) is 3.64. The van der Waals surface area contributed by atoms with Crippen LogP contribution in [0.4, 0.5) is 4.79 Å². The van der Waals surface area contributed by atoms with E-state index >= 15 is 0 Å². The minimum atomic E-state index is -0.950. The van der Waals surface area contributed by atoms with Crippen LogP contribution in [0.3, 0.4) is 0 Å². The summed E-state index contributed by atoms with van der Waals surface area (Å²) < 4.78 is 5.68. The monoisotopic (exact) mass is 464 g/mol. The molecule has 0 aliphatic heterocycles. The molecule has 1 unspecified atom stereocenters. The molecule has 3 atom stereocenters. The van der Waals surface area contributed by atoms with Gasteiger partial charge in [0, 0.05) is 18.5 Å². The van der Waals surface area contributed by atoms with Gasteiger partial charge in [0.2, 0.25) is 5.91 Å². The fraction of sp³-hybridized carbons (Fsp3) is 0.444. The second-order valence-electron chi connectivity index (χ2n) is 9.31. The predicted octanol–water partition coefficient (Wildman–Crippen LogP) is 4.31. The Kier molecular flexibility index (Phi) is 7.50. The lowest BCUT2D eigenvalue weighted by molar-refractivity contribution is -0.141. The van der Waals surface area contributed by atoms with Gasteiger partial charge in [0.1, 0.15) is 6.61 Å². The molecular weight excluding hydrogens is 432 g/mol. The molecule has 0 aromatic heterocycles. The molecule has 1 saturated carbocycles. The van der Waals surface area contributed by atoms with Gasteiger partial charge in [0.15, 0.2) is 0 Å². The number of alkyl carbamates (subject to hydrolysis) is 1. The van der Waals surface area contributed by atoms with Crippen molar-refractivity contribution in [3.05, 3.63) is 59.7 Å². The van der Waals surface area contributed by atoms with Gasteiger partial charge >= 0.3 is 12.1 Å². The summed E-state index contributed by atoms with van der Waals surface area (Å²) in [5.41, 5.74) is 4.64. The van der Waals surface area contributed by atoms with Gasteiger partial charge in [0.25, 0.3) is 0 Å². The van der Waals surface area contributed by atoms with Crippen LogP contribution >= 0.6 is 0 Å². The van der Waals surface area contributed by atoms with Crippen LogP contribution in [0, 0.1) is 11.8 Å². The lowest BCUT2D eigenvalue weighted by atomic mass is 9.93. The van der Waals surface area contributed by atoms with E-state index in [0.717, 1.165) is 30.4 Å². The number of carboxylic acids is 1. The van der Waals surface area contributed by atoms with Gasteiger partial charge in [-0.05, 0) is 35.1 Å². The average molecular weight is 465 g/mol. The maximum absolute atomic E-state index is 12.8. The number of benzene rings is 2. The van der Waals surface area contributed by atoms with Crippen molar-refractivity contribution in [3.63, 3.8) is 0 Å². The lowest BCUT2D eigenvalue weighted by Gasteiger charge is -2.26. The van der Waals surface area contributed by atoms with Crippen LogP contribution in [0.5, 0.6) is 0 Å². The quantitative estimate of drug-likeness (QED) is 0.530. The van der Waals surface area contributed by atoms with Crippen LogP contribution in [0.25, 0.3) is 11.1 Å². The van der Waals surface area contributed by atoms with E-state index in [1.807, 2.05) is 24.3 Å². The molecule has 2 amide bonds. The molecule has 0 bridgehead atoms. The Morgan fingerprint density at radius 3 is 2.24 bits per heavy atom. The number of ether oxygens (including phenoxy) is 1. The van der Waals surface area contributed by atoms with E-state index in [0.29, 0.717) is 12.8 Å². The smallest absolute Gasteiger partial charge is 0.407 e. The van der Waals surface area contributed by atoms with Crippen molar-refractivity contribution in [2.24, 2.45) is 11.8 Å². The highest BCUT2D eigenvalue weighted by atomic mass is 16.5. The Bertz CT molecular complexity index is 1010. The summed E-state index contributed by atoms with van der Waals surface area (Å²) in [6.45, 7) is 1.85. The highest BCUT2D eigenvalue weighted by Crippen LogP contribution is 2.44. The van der Waals surface area contributed by atoms with Gasteiger partial charge in [-0.25, -0.2) is 4.79 Å². The number of carbonyl (C=O) groups excluding carboxylic acids is 2. The fourth-order valence-corrected chi connectivity index (χ4v) is 5.06. The molecule has 2 aliphatic carbocycles. The molecule has 0 saturated heterocycles. The van der Waals surface area contributed by atoms with Crippen molar-refractivity contribution in [3.8, 4) is 11.1 Å². The van der Waals surface area contributed by atoms with E-state index in [1.54, 1.807) is 6.92 Å². The molecule has 2 aromatic rings. The Balaban J connectivity index is 1.38. The standard InChI is InChI=1S/C27H32N2O5/c1-17(26(31)32)15-28-25(30)22-13-3-2-4-14-24(22)29-27(33)34-16-23-20-11-7-5-9-18(20)19-10-6-8-12-21(19)23/h5-12,17,22-24H,2-4,13-16H2,1H3,(H,28,30)(H,29,33)(H,31,32)/t17?,22-,24+/m0/s1. The van der Waals surface area contributed by atoms with Gasteiger partial charge < -0.3 is 20.5 Å². The Hall–Kier alpha value is -3.35. The number of hydrogen-bond donors (Lipinski definition) is 3. The van der Waals surface area contributed by atoms with E-state index in [4.69, 9.17) is 9.84 Å². The molecule has 0 heterocycles. The van der Waals surface area contributed by atoms with E-state index in [9.17, 15) is 14.4 Å². The van der Waals surface area contributed by atoms with Crippen molar-refractivity contribution in [2.75, 3.05) is 13.2 Å². The maximum Gasteiger partial charge on any atom is 0.407 e. The lowest BCUT2D eigenvalue weighted by Crippen LogP contribution is -2.47. The van der Waals surface area contributed by atoms with Gasteiger partial charge in [-0.1, -0.05) is 74.7 Å². The molecule has 7 heteroatoms. The zero-order chi connectivity index (χ0) is 24.1. The molecule has 0 radical (unpaired) electrons. The van der Waals surface area contributed by atoms with Gasteiger partial charge in [-0.2, -0.15) is 0 Å². The Morgan fingerprint density at radius 1 is 0.971 bits per heavy atom. The van der Waals surface area contributed by atoms with E-state index in [1.165, 1.54) is 11.1 Å². The first kappa shape index (κ1) is 23.8. The summed E-state index contributed by atoms with van der Waals surface area (Å²) in [5.74, 6) is -2.25. The van der Waals surface area contributed by atoms with Gasteiger partial charge in [-0.3, -0.25) is 9.59 Å². The molecule has 180 valence electrons. The number of hydrogen-bond acceptors (Lipinski definition) is 4. The molecule has 2 aromatic carbocycles. The van der Waals surface area contributed by atoms with Crippen LogP contribution < -0.4 is 10.6 Å². The topological polar surface area (TPSA) is 105 Å². The minimum absolute atomic E-state index is 0.0242. The number of carboxylic acid groups (broad SMARTS) is 1. The fourth-order valence-electron chi connectivity index (χ4n) is 5.06. The van der Waals surface area contributed by atoms with Gasteiger partial charge in [0.05, 0.1) is 11.8 Å². The molecule has 34 heavy (non-hydrogen) atoms. The van der Waals surface area contributed by atoms with E-state index < -0.39 is 23.9 Å². The second kappa shape index (κ2) is 10.7. The number of rotatable bonds is 7. The molecular formula is C27H32N2O5. The van der Waals surface area contributed by atoms with Crippen molar-refractivity contribution >= 4 is 18.0 Å². The third-order valence-electron chi connectivity index (χ3n) is 7.00. The minimum Gasteiger partial charge on any atom is -0.481 e. The zero-order valence-electron chi connectivity index (χ0n) is 19.5. The summed E-state index contributed by atoms with van der Waals surface area (Å²) in [7, 11) is 0. The summed E-state index contributed by atoms with van der Waals surface area (Å²) >= 11 is 0. The normalized spacial score (nSPS) is 20.4. The molecule has 1 fully saturated rings. The summed E-state index contributed by atoms with van der Waals surface area (Å²) in [6, 6.07) is 16.0. The summed E-state index contributed by atoms with van der Waals surface area (Å²) in [4.78, 5) is 36.7. The third-order valence-corrected chi connectivity index (χ3v) is 7.00. The number of aliphatic carboxylic acids is 1. The number of fused-ring (bicyclic) bond motifs is 3. The van der Waals surface area contributed by atoms with Gasteiger partial charge in [-0.15, -0.1) is 0 Å². The SMILES string of the molecule is CC(CNC(=O)[C@H]1CCCCC[C@H]1NC(=O)OCC1c2ccccc2-c2ccccc21)C(=O)O. The molecule has 0 spiro atoms. The first-order chi connectivity index (χ1) is 16.5. The zero-order valence-corrected chi connectivity index (χ0v) is 19.5. The van der Waals surface area contributed by atoms with Crippen molar-refractivity contribution in [1.82, 2.24) is 10.6 Å². The second-order valence-corrected chi connectivity index (χ2v) is 9.31. The van der Waals surface area contributed by atoms with Crippen molar-refractivity contribution < 1.29 is 24.2 Å². The van der Waals surface area contributed by atoms with E-state index in [2.05, 4.69) is 34.9 Å². The molecule has 4 rings (SSSR count). The number of nitrogens with one attached hydrogen (secondary N) is 2. The Morgan fingerprint density at radius 2 is 1.59 bits per heavy atom.